The predicted octanol–water partition coefficient (Wildman–Crippen LogP) is 17.2. The Labute approximate surface area is 410 Å². The van der Waals surface area contributed by atoms with E-state index in [2.05, 4.69) is 273 Å². The van der Waals surface area contributed by atoms with E-state index in [1.165, 1.54) is 44.6 Å². The number of benzene rings is 7. The van der Waals surface area contributed by atoms with Crippen molar-refractivity contribution in [1.82, 2.24) is 9.55 Å². The molecule has 0 aliphatic carbocycles. The fraction of sp³-hybridized carbons (Fsp3) is 0.266. The van der Waals surface area contributed by atoms with E-state index in [0.717, 1.165) is 45.1 Å². The Morgan fingerprint density at radius 2 is 0.971 bits per heavy atom. The van der Waals surface area contributed by atoms with Crippen LogP contribution >= 0.6 is 0 Å². The number of hydrogen-bond donors (Lipinski definition) is 0. The Balaban J connectivity index is 1.10. The van der Waals surface area contributed by atoms with Gasteiger partial charge in [-0.2, -0.15) is 0 Å². The zero-order chi connectivity index (χ0) is 48.5. The van der Waals surface area contributed by atoms with E-state index < -0.39 is 0 Å². The average Bonchev–Trinajstić information content (AvgIpc) is 3.89. The summed E-state index contributed by atoms with van der Waals surface area (Å²) in [7, 11) is 0. The van der Waals surface area contributed by atoms with Crippen molar-refractivity contribution >= 4 is 44.6 Å². The van der Waals surface area contributed by atoms with Crippen LogP contribution < -0.4 is 14.5 Å². The summed E-state index contributed by atoms with van der Waals surface area (Å²) in [4.78, 5) is 9.97. The molecule has 5 heteroatoms. The molecule has 7 aromatic carbocycles. The maximum Gasteiger partial charge on any atom is 0.137 e. The molecular weight excluding hydrogens is 841 g/mol. The number of pyridine rings is 1. The molecule has 0 N–H and O–H groups in total. The van der Waals surface area contributed by atoms with E-state index in [1.807, 2.05) is 6.20 Å². The van der Waals surface area contributed by atoms with Crippen LogP contribution in [0.1, 0.15) is 104 Å². The lowest BCUT2D eigenvalue weighted by atomic mass is 9.56. The van der Waals surface area contributed by atoms with Crippen molar-refractivity contribution in [2.45, 2.75) is 92.4 Å². The smallest absolute Gasteiger partial charge is 0.137 e. The largest absolute Gasteiger partial charge is 0.457 e. The highest BCUT2D eigenvalue weighted by Gasteiger charge is 2.49. The van der Waals surface area contributed by atoms with Crippen LogP contribution in [-0.4, -0.2) is 16.2 Å². The number of fused-ring (bicyclic) bond motifs is 4. The number of nitrogens with zero attached hydrogens (tertiary/aromatic N) is 4. The van der Waals surface area contributed by atoms with Crippen LogP contribution in [0.5, 0.6) is 11.5 Å². The van der Waals surface area contributed by atoms with Gasteiger partial charge in [-0.05, 0) is 98.7 Å². The Morgan fingerprint density at radius 3 is 1.58 bits per heavy atom. The summed E-state index contributed by atoms with van der Waals surface area (Å²) in [6, 6.07) is 66.2. The van der Waals surface area contributed by atoms with Crippen molar-refractivity contribution in [3.05, 3.63) is 216 Å². The van der Waals surface area contributed by atoms with Gasteiger partial charge >= 0.3 is 0 Å². The second kappa shape index (κ2) is 16.8. The summed E-state index contributed by atoms with van der Waals surface area (Å²) in [5, 5.41) is 2.34. The van der Waals surface area contributed by atoms with E-state index in [-0.39, 0.29) is 27.1 Å². The summed E-state index contributed by atoms with van der Waals surface area (Å²) in [5.41, 5.74) is 12.2. The summed E-state index contributed by atoms with van der Waals surface area (Å²) in [6.07, 6.45) is 1.93. The monoisotopic (exact) mass is 907 g/mol. The predicted molar refractivity (Wildman–Crippen MR) is 291 cm³/mol. The molecule has 9 aromatic rings. The van der Waals surface area contributed by atoms with Crippen LogP contribution in [0.3, 0.4) is 0 Å². The number of anilines is 4. The molecule has 3 heterocycles. The fourth-order valence-corrected chi connectivity index (χ4v) is 10.9. The van der Waals surface area contributed by atoms with Gasteiger partial charge in [0.2, 0.25) is 0 Å². The highest BCUT2D eigenvalue weighted by atomic mass is 16.5. The Kier molecular flexibility index (Phi) is 11.1. The summed E-state index contributed by atoms with van der Waals surface area (Å²) >= 11 is 0. The fourth-order valence-electron chi connectivity index (χ4n) is 10.9. The van der Waals surface area contributed by atoms with Crippen molar-refractivity contribution in [2.75, 3.05) is 16.5 Å². The van der Waals surface area contributed by atoms with E-state index in [1.54, 1.807) is 0 Å². The third kappa shape index (κ3) is 7.67. The Morgan fingerprint density at radius 1 is 0.435 bits per heavy atom. The Hall–Kier alpha value is -7.11. The molecule has 1 aliphatic heterocycles. The molecule has 0 radical (unpaired) electrons. The minimum absolute atomic E-state index is 0.0152. The number of aromatic nitrogens is 2. The number of ether oxygens (including phenoxy) is 1. The van der Waals surface area contributed by atoms with Gasteiger partial charge in [-0.1, -0.05) is 191 Å². The van der Waals surface area contributed by atoms with Crippen LogP contribution in [0.4, 0.5) is 22.7 Å². The van der Waals surface area contributed by atoms with Gasteiger partial charge in [-0.3, -0.25) is 4.57 Å². The van der Waals surface area contributed by atoms with Gasteiger partial charge in [0.05, 0.1) is 28.1 Å². The third-order valence-corrected chi connectivity index (χ3v) is 15.7. The molecule has 2 atom stereocenters. The molecule has 0 amide bonds. The number of hydrogen-bond acceptors (Lipinski definition) is 4. The maximum absolute atomic E-state index is 6.88. The van der Waals surface area contributed by atoms with Crippen LogP contribution in [0.15, 0.2) is 188 Å². The van der Waals surface area contributed by atoms with Gasteiger partial charge in [0.25, 0.3) is 0 Å². The first-order valence-corrected chi connectivity index (χ1v) is 24.6. The van der Waals surface area contributed by atoms with E-state index in [9.17, 15) is 0 Å². The SMILES string of the molecule is CC(C)(C)c1ccnc(-n2c3ccccc3c3ccc(Oc4cccc(N5CN(c6c(C(C)(c7ccccc7)C(C)(C)C)cccc6C(C)(c6ccccc6)C(C)(C)C)c6ccccc65)c4)cc32)c1. The lowest BCUT2D eigenvalue weighted by molar-refractivity contribution is 0.242. The second-order valence-electron chi connectivity index (χ2n) is 22.5. The van der Waals surface area contributed by atoms with Crippen molar-refractivity contribution < 1.29 is 4.74 Å². The first-order chi connectivity index (χ1) is 32.9. The highest BCUT2D eigenvalue weighted by molar-refractivity contribution is 6.09. The van der Waals surface area contributed by atoms with Gasteiger partial charge in [0.15, 0.2) is 0 Å². The van der Waals surface area contributed by atoms with E-state index in [0.29, 0.717) is 6.67 Å². The van der Waals surface area contributed by atoms with Gasteiger partial charge in [-0.25, -0.2) is 4.98 Å². The summed E-state index contributed by atoms with van der Waals surface area (Å²) < 4.78 is 9.15. The van der Waals surface area contributed by atoms with Crippen LogP contribution in [-0.2, 0) is 16.2 Å². The third-order valence-electron chi connectivity index (χ3n) is 15.7. The van der Waals surface area contributed by atoms with Gasteiger partial charge in [0.1, 0.15) is 24.0 Å². The van der Waals surface area contributed by atoms with Crippen molar-refractivity contribution in [3.8, 4) is 17.3 Å². The zero-order valence-corrected chi connectivity index (χ0v) is 42.3. The van der Waals surface area contributed by atoms with Crippen molar-refractivity contribution in [1.29, 1.82) is 0 Å². The molecule has 348 valence electrons. The first kappa shape index (κ1) is 45.7. The zero-order valence-electron chi connectivity index (χ0n) is 42.3. The maximum atomic E-state index is 6.88. The molecular formula is C64H66N4O. The van der Waals surface area contributed by atoms with Crippen molar-refractivity contribution in [2.24, 2.45) is 10.8 Å². The van der Waals surface area contributed by atoms with Gasteiger partial charge in [-0.15, -0.1) is 0 Å². The molecule has 69 heavy (non-hydrogen) atoms. The molecule has 2 unspecified atom stereocenters. The van der Waals surface area contributed by atoms with Crippen LogP contribution in [0.25, 0.3) is 27.6 Å². The summed E-state index contributed by atoms with van der Waals surface area (Å²) in [6.45, 7) is 26.6. The van der Waals surface area contributed by atoms with Crippen LogP contribution in [0, 0.1) is 10.8 Å². The minimum atomic E-state index is -0.372. The van der Waals surface area contributed by atoms with E-state index >= 15 is 0 Å². The quantitative estimate of drug-likeness (QED) is 0.144. The first-order valence-electron chi connectivity index (χ1n) is 24.6. The lowest BCUT2D eigenvalue weighted by Crippen LogP contribution is -2.43. The molecule has 2 aromatic heterocycles. The van der Waals surface area contributed by atoms with Gasteiger partial charge < -0.3 is 14.5 Å². The topological polar surface area (TPSA) is 33.5 Å². The molecule has 0 fully saturated rings. The molecule has 1 aliphatic rings. The normalized spacial score (nSPS) is 15.0. The molecule has 0 saturated carbocycles. The summed E-state index contributed by atoms with van der Waals surface area (Å²) in [5.74, 6) is 2.43. The van der Waals surface area contributed by atoms with Crippen molar-refractivity contribution in [3.63, 3.8) is 0 Å². The molecule has 0 spiro atoms. The van der Waals surface area contributed by atoms with Gasteiger partial charge in [0, 0.05) is 45.6 Å². The lowest BCUT2D eigenvalue weighted by Gasteiger charge is -2.49. The molecule has 0 bridgehead atoms. The Bertz CT molecular complexity index is 3250. The average molecular weight is 907 g/mol. The van der Waals surface area contributed by atoms with Crippen LogP contribution in [0.2, 0.25) is 0 Å². The number of rotatable bonds is 9. The highest BCUT2D eigenvalue weighted by Crippen LogP contribution is 2.58. The molecule has 5 nitrogen and oxygen atoms in total. The molecule has 0 saturated heterocycles. The van der Waals surface area contributed by atoms with E-state index in [4.69, 9.17) is 9.72 Å². The second-order valence-corrected chi connectivity index (χ2v) is 22.5. The molecule has 10 rings (SSSR count). The standard InChI is InChI=1S/C64H66N4O/c1-60(2,3)46-38-39-65-58(40-46)68-54-33-19-18-30-50(54)51-37-36-49(42-57(51)68)69-48-29-22-28-47(41-48)66-43-67(56-35-21-20-34-55(56)66)59-52(63(10,61(4,5)6)44-24-14-12-15-25-44)31-23-32-53(59)64(11,62(7,8)9)45-26-16-13-17-27-45/h12-42H,43H2,1-11H3. The minimum Gasteiger partial charge on any atom is -0.457 e. The number of para-hydroxylation sites is 4.